The standard InChI is InChI=1S/C31H32N2O6/c1-20(38-17-21-9-3-2-4-10-21)27(28(34)32-19-31(15-16-31)29(35)36)33-30(37)39-18-26-24-13-7-5-11-22(24)23-12-6-8-14-25(23)26/h2-14,20,26-27H,15-19H2,1H3,(H,32,34)(H,33,37)(H,35,36). The summed E-state index contributed by atoms with van der Waals surface area (Å²) in [7, 11) is 0. The molecule has 2 unspecified atom stereocenters. The van der Waals surface area contributed by atoms with Gasteiger partial charge in [-0.1, -0.05) is 78.9 Å². The highest BCUT2D eigenvalue weighted by Gasteiger charge is 2.50. The van der Waals surface area contributed by atoms with Crippen molar-refractivity contribution < 1.29 is 29.0 Å². The number of amides is 2. The van der Waals surface area contributed by atoms with E-state index in [0.29, 0.717) is 12.8 Å². The second kappa shape index (κ2) is 11.3. The van der Waals surface area contributed by atoms with E-state index in [2.05, 4.69) is 22.8 Å². The van der Waals surface area contributed by atoms with E-state index >= 15 is 0 Å². The Morgan fingerprint density at radius 1 is 0.923 bits per heavy atom. The minimum absolute atomic E-state index is 0.00452. The molecule has 2 amide bonds. The van der Waals surface area contributed by atoms with Crippen LogP contribution in [-0.4, -0.2) is 48.4 Å². The van der Waals surface area contributed by atoms with Gasteiger partial charge in [-0.05, 0) is 47.6 Å². The van der Waals surface area contributed by atoms with Gasteiger partial charge in [0.25, 0.3) is 0 Å². The van der Waals surface area contributed by atoms with Gasteiger partial charge in [0.2, 0.25) is 5.91 Å². The molecule has 1 saturated carbocycles. The summed E-state index contributed by atoms with van der Waals surface area (Å²) in [6, 6.07) is 24.5. The molecule has 1 fully saturated rings. The molecule has 0 heterocycles. The normalized spacial score (nSPS) is 16.3. The first kappa shape index (κ1) is 26.4. The van der Waals surface area contributed by atoms with E-state index in [1.807, 2.05) is 66.7 Å². The van der Waals surface area contributed by atoms with Crippen LogP contribution in [0, 0.1) is 5.41 Å². The van der Waals surface area contributed by atoms with Crippen molar-refractivity contribution in [2.24, 2.45) is 5.41 Å². The number of nitrogens with one attached hydrogen (secondary N) is 2. The van der Waals surface area contributed by atoms with Gasteiger partial charge in [-0.15, -0.1) is 0 Å². The maximum absolute atomic E-state index is 13.2. The van der Waals surface area contributed by atoms with Gasteiger partial charge in [-0.3, -0.25) is 9.59 Å². The second-order valence-corrected chi connectivity index (χ2v) is 10.3. The zero-order valence-corrected chi connectivity index (χ0v) is 21.8. The predicted molar refractivity (Wildman–Crippen MR) is 145 cm³/mol. The molecular formula is C31H32N2O6. The highest BCUT2D eigenvalue weighted by Crippen LogP contribution is 2.45. The first-order chi connectivity index (χ1) is 18.9. The molecule has 0 radical (unpaired) electrons. The summed E-state index contributed by atoms with van der Waals surface area (Å²) >= 11 is 0. The molecule has 0 bridgehead atoms. The monoisotopic (exact) mass is 528 g/mol. The summed E-state index contributed by atoms with van der Waals surface area (Å²) < 4.78 is 11.6. The van der Waals surface area contributed by atoms with Crippen molar-refractivity contribution in [3.05, 3.63) is 95.6 Å². The summed E-state index contributed by atoms with van der Waals surface area (Å²) in [5.41, 5.74) is 4.41. The maximum atomic E-state index is 13.2. The molecule has 8 heteroatoms. The number of ether oxygens (including phenoxy) is 2. The van der Waals surface area contributed by atoms with Crippen molar-refractivity contribution in [2.75, 3.05) is 13.2 Å². The minimum atomic E-state index is -1.08. The van der Waals surface area contributed by atoms with E-state index in [4.69, 9.17) is 9.47 Å². The van der Waals surface area contributed by atoms with Crippen molar-refractivity contribution in [2.45, 2.75) is 44.4 Å². The zero-order valence-electron chi connectivity index (χ0n) is 21.8. The number of rotatable bonds is 11. The molecule has 0 saturated heterocycles. The Morgan fingerprint density at radius 2 is 1.51 bits per heavy atom. The van der Waals surface area contributed by atoms with Gasteiger partial charge in [0.15, 0.2) is 0 Å². The van der Waals surface area contributed by atoms with Crippen LogP contribution in [0.5, 0.6) is 0 Å². The van der Waals surface area contributed by atoms with Crippen molar-refractivity contribution in [3.63, 3.8) is 0 Å². The summed E-state index contributed by atoms with van der Waals surface area (Å²) in [4.78, 5) is 37.7. The number of hydrogen-bond acceptors (Lipinski definition) is 5. The Labute approximate surface area is 227 Å². The lowest BCUT2D eigenvalue weighted by Crippen LogP contribution is -2.54. The average Bonchev–Trinajstić information content (AvgIpc) is 3.69. The molecule has 0 aliphatic heterocycles. The Morgan fingerprint density at radius 3 is 2.10 bits per heavy atom. The highest BCUT2D eigenvalue weighted by molar-refractivity contribution is 5.87. The van der Waals surface area contributed by atoms with Gasteiger partial charge < -0.3 is 25.2 Å². The molecule has 202 valence electrons. The number of hydrogen-bond donors (Lipinski definition) is 3. The molecule has 2 aliphatic carbocycles. The molecule has 2 atom stereocenters. The number of alkyl carbamates (subject to hydrolysis) is 1. The topological polar surface area (TPSA) is 114 Å². The quantitative estimate of drug-likeness (QED) is 0.338. The smallest absolute Gasteiger partial charge is 0.407 e. The highest BCUT2D eigenvalue weighted by atomic mass is 16.5. The summed E-state index contributed by atoms with van der Waals surface area (Å²) in [5, 5.41) is 14.8. The van der Waals surface area contributed by atoms with Crippen LogP contribution in [0.3, 0.4) is 0 Å². The van der Waals surface area contributed by atoms with E-state index < -0.39 is 35.5 Å². The fourth-order valence-corrected chi connectivity index (χ4v) is 5.04. The Bertz CT molecular complexity index is 1310. The van der Waals surface area contributed by atoms with Crippen LogP contribution < -0.4 is 10.6 Å². The average molecular weight is 529 g/mol. The van der Waals surface area contributed by atoms with Crippen molar-refractivity contribution in [1.82, 2.24) is 10.6 Å². The lowest BCUT2D eigenvalue weighted by atomic mass is 9.98. The molecule has 0 aromatic heterocycles. The number of carbonyl (C=O) groups excluding carboxylic acids is 2. The lowest BCUT2D eigenvalue weighted by Gasteiger charge is -2.25. The van der Waals surface area contributed by atoms with Crippen LogP contribution in [0.25, 0.3) is 11.1 Å². The van der Waals surface area contributed by atoms with Crippen LogP contribution in [0.4, 0.5) is 4.79 Å². The van der Waals surface area contributed by atoms with Gasteiger partial charge in [0.1, 0.15) is 12.6 Å². The Hall–Kier alpha value is -4.17. The van der Waals surface area contributed by atoms with Crippen LogP contribution in [0.2, 0.25) is 0 Å². The molecular weight excluding hydrogens is 496 g/mol. The third kappa shape index (κ3) is 5.81. The number of carbonyl (C=O) groups is 3. The van der Waals surface area contributed by atoms with Crippen molar-refractivity contribution >= 4 is 18.0 Å². The van der Waals surface area contributed by atoms with E-state index in [9.17, 15) is 19.5 Å². The van der Waals surface area contributed by atoms with Gasteiger partial charge in [-0.2, -0.15) is 0 Å². The van der Waals surface area contributed by atoms with E-state index in [-0.39, 0.29) is 25.7 Å². The number of benzene rings is 3. The molecule has 8 nitrogen and oxygen atoms in total. The number of aliphatic carboxylic acids is 1. The SMILES string of the molecule is CC(OCc1ccccc1)C(NC(=O)OCC1c2ccccc2-c2ccccc21)C(=O)NCC1(C(=O)O)CC1. The molecule has 0 spiro atoms. The number of carboxylic acid groups (broad SMARTS) is 1. The summed E-state index contributed by atoms with van der Waals surface area (Å²) in [5.74, 6) is -1.57. The third-order valence-corrected chi connectivity index (χ3v) is 7.63. The first-order valence-corrected chi connectivity index (χ1v) is 13.2. The molecule has 3 N–H and O–H groups in total. The predicted octanol–water partition coefficient (Wildman–Crippen LogP) is 4.48. The zero-order chi connectivity index (χ0) is 27.4. The third-order valence-electron chi connectivity index (χ3n) is 7.63. The molecule has 5 rings (SSSR count). The number of carboxylic acids is 1. The first-order valence-electron chi connectivity index (χ1n) is 13.2. The van der Waals surface area contributed by atoms with Gasteiger partial charge in [-0.25, -0.2) is 4.79 Å². The largest absolute Gasteiger partial charge is 0.481 e. The van der Waals surface area contributed by atoms with Gasteiger partial charge in [0, 0.05) is 12.5 Å². The number of fused-ring (bicyclic) bond motifs is 3. The minimum Gasteiger partial charge on any atom is -0.481 e. The van der Waals surface area contributed by atoms with Crippen molar-refractivity contribution in [1.29, 1.82) is 0 Å². The fourth-order valence-electron chi connectivity index (χ4n) is 5.04. The van der Waals surface area contributed by atoms with Crippen LogP contribution in [0.1, 0.15) is 42.4 Å². The van der Waals surface area contributed by atoms with Crippen molar-refractivity contribution in [3.8, 4) is 11.1 Å². The fraction of sp³-hybridized carbons (Fsp3) is 0.323. The van der Waals surface area contributed by atoms with E-state index in [1.54, 1.807) is 6.92 Å². The second-order valence-electron chi connectivity index (χ2n) is 10.3. The van der Waals surface area contributed by atoms with Crippen LogP contribution >= 0.6 is 0 Å². The molecule has 3 aromatic carbocycles. The Balaban J connectivity index is 1.25. The molecule has 39 heavy (non-hydrogen) atoms. The van der Waals surface area contributed by atoms with Gasteiger partial charge >= 0.3 is 12.1 Å². The van der Waals surface area contributed by atoms with E-state index in [1.165, 1.54) is 0 Å². The summed E-state index contributed by atoms with van der Waals surface area (Å²) in [6.07, 6.45) is -0.433. The van der Waals surface area contributed by atoms with E-state index in [0.717, 1.165) is 27.8 Å². The van der Waals surface area contributed by atoms with Gasteiger partial charge in [0.05, 0.1) is 18.1 Å². The Kier molecular flexibility index (Phi) is 7.65. The summed E-state index contributed by atoms with van der Waals surface area (Å²) in [6.45, 7) is 2.04. The lowest BCUT2D eigenvalue weighted by molar-refractivity contribution is -0.143. The van der Waals surface area contributed by atoms with Crippen LogP contribution in [-0.2, 0) is 25.7 Å². The molecule has 2 aliphatic rings. The molecule has 3 aromatic rings. The van der Waals surface area contributed by atoms with Crippen LogP contribution in [0.15, 0.2) is 78.9 Å². The maximum Gasteiger partial charge on any atom is 0.407 e.